The molecule has 1 rings (SSSR count). The third kappa shape index (κ3) is 5.14. The van der Waals surface area contributed by atoms with Gasteiger partial charge in [-0.25, -0.2) is 0 Å². The van der Waals surface area contributed by atoms with Crippen molar-refractivity contribution < 1.29 is 9.53 Å². The molecule has 1 fully saturated rings. The van der Waals surface area contributed by atoms with E-state index in [0.29, 0.717) is 12.6 Å². The van der Waals surface area contributed by atoms with Crippen molar-refractivity contribution in [2.45, 2.75) is 39.3 Å². The van der Waals surface area contributed by atoms with Crippen LogP contribution in [0.15, 0.2) is 0 Å². The molecule has 0 saturated carbocycles. The molecule has 0 radical (unpaired) electrons. The van der Waals surface area contributed by atoms with Crippen molar-refractivity contribution in [1.29, 1.82) is 0 Å². The summed E-state index contributed by atoms with van der Waals surface area (Å²) in [6.45, 7) is 11.0. The second-order valence-corrected chi connectivity index (χ2v) is 5.18. The number of hydrogen-bond donors (Lipinski definition) is 1. The summed E-state index contributed by atoms with van der Waals surface area (Å²) in [7, 11) is 0. The molecule has 4 nitrogen and oxygen atoms in total. The molecule has 1 N–H and O–H groups in total. The fourth-order valence-electron chi connectivity index (χ4n) is 1.71. The van der Waals surface area contributed by atoms with E-state index in [2.05, 4.69) is 17.1 Å². The van der Waals surface area contributed by atoms with Gasteiger partial charge in [0.25, 0.3) is 0 Å². The maximum atomic E-state index is 11.5. The molecule has 0 bridgehead atoms. The average Bonchev–Trinajstić information content (AvgIpc) is 1.99. The number of nitrogens with one attached hydrogen (secondary N) is 1. The Morgan fingerprint density at radius 2 is 2.20 bits per heavy atom. The van der Waals surface area contributed by atoms with Crippen molar-refractivity contribution in [3.05, 3.63) is 0 Å². The van der Waals surface area contributed by atoms with E-state index >= 15 is 0 Å². The Bertz CT molecular complexity index is 223. The zero-order valence-corrected chi connectivity index (χ0v) is 10.2. The Kier molecular flexibility index (Phi) is 4.11. The van der Waals surface area contributed by atoms with Crippen LogP contribution in [-0.2, 0) is 9.53 Å². The number of carbonyl (C=O) groups excluding carboxylic acids is 1. The van der Waals surface area contributed by atoms with Gasteiger partial charge in [0.05, 0.1) is 6.54 Å². The SMILES string of the molecule is CC1CN(CC(=O)OC(C)(C)C)CCN1. The lowest BCUT2D eigenvalue weighted by atomic mass is 10.2. The third-order valence-electron chi connectivity index (χ3n) is 2.23. The van der Waals surface area contributed by atoms with E-state index in [1.54, 1.807) is 0 Å². The highest BCUT2D eigenvalue weighted by molar-refractivity contribution is 5.72. The molecule has 0 aromatic heterocycles. The van der Waals surface area contributed by atoms with Gasteiger partial charge < -0.3 is 10.1 Å². The summed E-state index contributed by atoms with van der Waals surface area (Å²) in [5, 5.41) is 3.34. The molecule has 1 saturated heterocycles. The Hall–Kier alpha value is -0.610. The van der Waals surface area contributed by atoms with Crippen LogP contribution in [0.4, 0.5) is 0 Å². The highest BCUT2D eigenvalue weighted by atomic mass is 16.6. The summed E-state index contributed by atoms with van der Waals surface area (Å²) in [5.74, 6) is -0.128. The maximum Gasteiger partial charge on any atom is 0.320 e. The fraction of sp³-hybridized carbons (Fsp3) is 0.909. The molecule has 15 heavy (non-hydrogen) atoms. The smallest absolute Gasteiger partial charge is 0.320 e. The maximum absolute atomic E-state index is 11.5. The van der Waals surface area contributed by atoms with Gasteiger partial charge in [0, 0.05) is 25.7 Å². The van der Waals surface area contributed by atoms with E-state index in [-0.39, 0.29) is 11.6 Å². The molecule has 0 amide bonds. The Balaban J connectivity index is 2.31. The summed E-state index contributed by atoms with van der Waals surface area (Å²) >= 11 is 0. The number of esters is 1. The summed E-state index contributed by atoms with van der Waals surface area (Å²) in [4.78, 5) is 13.7. The van der Waals surface area contributed by atoms with Crippen LogP contribution < -0.4 is 5.32 Å². The molecular weight excluding hydrogens is 192 g/mol. The summed E-state index contributed by atoms with van der Waals surface area (Å²) < 4.78 is 5.27. The van der Waals surface area contributed by atoms with Gasteiger partial charge in [-0.05, 0) is 27.7 Å². The molecule has 0 aromatic rings. The molecular formula is C11H22N2O2. The highest BCUT2D eigenvalue weighted by Crippen LogP contribution is 2.08. The van der Waals surface area contributed by atoms with Crippen LogP contribution in [0.2, 0.25) is 0 Å². The van der Waals surface area contributed by atoms with Crippen LogP contribution in [0.1, 0.15) is 27.7 Å². The number of rotatable bonds is 2. The monoisotopic (exact) mass is 214 g/mol. The minimum absolute atomic E-state index is 0.128. The fourth-order valence-corrected chi connectivity index (χ4v) is 1.71. The predicted molar refractivity (Wildman–Crippen MR) is 59.7 cm³/mol. The Morgan fingerprint density at radius 3 is 2.73 bits per heavy atom. The van der Waals surface area contributed by atoms with Gasteiger partial charge in [0.1, 0.15) is 5.60 Å². The molecule has 1 aliphatic heterocycles. The van der Waals surface area contributed by atoms with E-state index in [1.165, 1.54) is 0 Å². The molecule has 1 heterocycles. The van der Waals surface area contributed by atoms with Crippen molar-refractivity contribution >= 4 is 5.97 Å². The van der Waals surface area contributed by atoms with Crippen molar-refractivity contribution in [2.75, 3.05) is 26.2 Å². The number of piperazine rings is 1. The van der Waals surface area contributed by atoms with Gasteiger partial charge in [0.2, 0.25) is 0 Å². The van der Waals surface area contributed by atoms with E-state index in [9.17, 15) is 4.79 Å². The van der Waals surface area contributed by atoms with Crippen molar-refractivity contribution in [2.24, 2.45) is 0 Å². The number of carbonyl (C=O) groups is 1. The van der Waals surface area contributed by atoms with Gasteiger partial charge in [-0.2, -0.15) is 0 Å². The van der Waals surface area contributed by atoms with Crippen LogP contribution in [0.25, 0.3) is 0 Å². The lowest BCUT2D eigenvalue weighted by Crippen LogP contribution is -2.51. The summed E-state index contributed by atoms with van der Waals surface area (Å²) in [6, 6.07) is 0.459. The molecule has 0 spiro atoms. The highest BCUT2D eigenvalue weighted by Gasteiger charge is 2.21. The van der Waals surface area contributed by atoms with Crippen LogP contribution in [-0.4, -0.2) is 48.7 Å². The largest absolute Gasteiger partial charge is 0.459 e. The standard InChI is InChI=1S/C11H22N2O2/c1-9-7-13(6-5-12-9)8-10(14)15-11(2,3)4/h9,12H,5-8H2,1-4H3. The van der Waals surface area contributed by atoms with Crippen LogP contribution in [0.5, 0.6) is 0 Å². The average molecular weight is 214 g/mol. The quantitative estimate of drug-likeness (QED) is 0.684. The molecule has 1 aliphatic rings. The van der Waals surface area contributed by atoms with Crippen molar-refractivity contribution in [1.82, 2.24) is 10.2 Å². The van der Waals surface area contributed by atoms with Gasteiger partial charge in [0.15, 0.2) is 0 Å². The molecule has 88 valence electrons. The molecule has 4 heteroatoms. The molecule has 1 atom stereocenters. The van der Waals surface area contributed by atoms with Gasteiger partial charge in [-0.3, -0.25) is 9.69 Å². The lowest BCUT2D eigenvalue weighted by Gasteiger charge is -2.31. The predicted octanol–water partition coefficient (Wildman–Crippen LogP) is 0.622. The van der Waals surface area contributed by atoms with Gasteiger partial charge in [-0.1, -0.05) is 0 Å². The second-order valence-electron chi connectivity index (χ2n) is 5.18. The normalized spacial score (nSPS) is 23.9. The Morgan fingerprint density at radius 1 is 1.53 bits per heavy atom. The number of ether oxygens (including phenoxy) is 1. The molecule has 1 unspecified atom stereocenters. The first-order valence-electron chi connectivity index (χ1n) is 5.54. The van der Waals surface area contributed by atoms with Crippen molar-refractivity contribution in [3.63, 3.8) is 0 Å². The van der Waals surface area contributed by atoms with E-state index in [4.69, 9.17) is 4.74 Å². The lowest BCUT2D eigenvalue weighted by molar-refractivity contribution is -0.156. The second kappa shape index (κ2) is 4.94. The number of hydrogen-bond acceptors (Lipinski definition) is 4. The van der Waals surface area contributed by atoms with E-state index in [1.807, 2.05) is 20.8 Å². The van der Waals surface area contributed by atoms with E-state index < -0.39 is 0 Å². The topological polar surface area (TPSA) is 41.6 Å². The van der Waals surface area contributed by atoms with Crippen LogP contribution in [0.3, 0.4) is 0 Å². The minimum atomic E-state index is -0.378. The molecule has 0 aromatic carbocycles. The van der Waals surface area contributed by atoms with Crippen LogP contribution >= 0.6 is 0 Å². The third-order valence-corrected chi connectivity index (χ3v) is 2.23. The molecule has 0 aliphatic carbocycles. The number of nitrogens with zero attached hydrogens (tertiary/aromatic N) is 1. The minimum Gasteiger partial charge on any atom is -0.459 e. The van der Waals surface area contributed by atoms with Gasteiger partial charge in [-0.15, -0.1) is 0 Å². The van der Waals surface area contributed by atoms with Crippen molar-refractivity contribution in [3.8, 4) is 0 Å². The summed E-state index contributed by atoms with van der Waals surface area (Å²) in [6.07, 6.45) is 0. The first-order valence-corrected chi connectivity index (χ1v) is 5.54. The van der Waals surface area contributed by atoms with Crippen LogP contribution in [0, 0.1) is 0 Å². The van der Waals surface area contributed by atoms with E-state index in [0.717, 1.165) is 19.6 Å². The zero-order chi connectivity index (χ0) is 11.5. The van der Waals surface area contributed by atoms with Gasteiger partial charge >= 0.3 is 5.97 Å². The summed E-state index contributed by atoms with van der Waals surface area (Å²) in [5.41, 5.74) is -0.378. The first-order chi connectivity index (χ1) is 6.87. The zero-order valence-electron chi connectivity index (χ0n) is 10.2. The Labute approximate surface area is 92.0 Å². The first kappa shape index (κ1) is 12.5.